The Balaban J connectivity index is 0.000000267. The molecule has 0 aliphatic rings. The highest BCUT2D eigenvalue weighted by atomic mass is 32.2. The molecule has 0 bridgehead atoms. The summed E-state index contributed by atoms with van der Waals surface area (Å²) in [6, 6.07) is 20.6. The number of benzene rings is 4. The summed E-state index contributed by atoms with van der Waals surface area (Å²) in [5.41, 5.74) is 1.52. The minimum Gasteiger partial charge on any atom is -0.508 e. The lowest BCUT2D eigenvalue weighted by Gasteiger charge is -2.19. The van der Waals surface area contributed by atoms with E-state index in [0.29, 0.717) is 40.1 Å². The molecule has 0 radical (unpaired) electrons. The van der Waals surface area contributed by atoms with E-state index in [1.54, 1.807) is 88.9 Å². The van der Waals surface area contributed by atoms with Gasteiger partial charge in [-0.1, -0.05) is 0 Å². The molecule has 11 nitrogen and oxygen atoms in total. The van der Waals surface area contributed by atoms with E-state index >= 15 is 0 Å². The van der Waals surface area contributed by atoms with Crippen molar-refractivity contribution in [2.45, 2.75) is 27.2 Å². The Bertz CT molecular complexity index is 1580. The van der Waals surface area contributed by atoms with E-state index in [1.807, 2.05) is 12.1 Å². The molecule has 0 aliphatic heterocycles. The molecule has 3 N–H and O–H groups in total. The minimum absolute atomic E-state index is 0.0514. The molecule has 13 heteroatoms. The average Bonchev–Trinajstić information content (AvgIpc) is 3.13. The van der Waals surface area contributed by atoms with E-state index in [2.05, 4.69) is 0 Å². The van der Waals surface area contributed by atoms with Gasteiger partial charge in [-0.25, -0.2) is 0 Å². The van der Waals surface area contributed by atoms with Crippen molar-refractivity contribution in [3.8, 4) is 46.0 Å². The van der Waals surface area contributed by atoms with E-state index in [9.17, 15) is 20.1 Å². The highest BCUT2D eigenvalue weighted by Crippen LogP contribution is 2.45. The van der Waals surface area contributed by atoms with Crippen molar-refractivity contribution < 1.29 is 53.3 Å². The molecule has 0 aliphatic carbocycles. The smallest absolute Gasteiger partial charge is 0.323 e. The van der Waals surface area contributed by atoms with Gasteiger partial charge in [-0.15, -0.1) is 23.5 Å². The second kappa shape index (κ2) is 19.4. The second-order valence-electron chi connectivity index (χ2n) is 9.94. The van der Waals surface area contributed by atoms with Crippen molar-refractivity contribution in [3.05, 3.63) is 83.9 Å². The molecule has 0 saturated heterocycles. The van der Waals surface area contributed by atoms with Crippen LogP contribution in [0.2, 0.25) is 0 Å². The van der Waals surface area contributed by atoms with Gasteiger partial charge in [0.2, 0.25) is 11.5 Å². The van der Waals surface area contributed by atoms with Crippen LogP contribution in [0.4, 0.5) is 0 Å². The number of aliphatic hydroxyl groups excluding tert-OH is 1. The number of hydrogen-bond acceptors (Lipinski definition) is 13. The summed E-state index contributed by atoms with van der Waals surface area (Å²) in [5.74, 6) is 2.99. The fraction of sp³-hybridized carbons (Fsp3) is 0.306. The predicted molar refractivity (Wildman–Crippen MR) is 189 cm³/mol. The predicted octanol–water partition coefficient (Wildman–Crippen LogP) is 7.06. The zero-order chi connectivity index (χ0) is 35.9. The summed E-state index contributed by atoms with van der Waals surface area (Å²) in [7, 11) is 9.23. The number of phenols is 2. The number of rotatable bonds is 15. The summed E-state index contributed by atoms with van der Waals surface area (Å²) < 4.78 is 37.3. The summed E-state index contributed by atoms with van der Waals surface area (Å²) in [6.07, 6.45) is 0. The van der Waals surface area contributed by atoms with Crippen LogP contribution in [0, 0.1) is 0 Å². The van der Waals surface area contributed by atoms with Gasteiger partial charge in [-0.3, -0.25) is 4.79 Å². The van der Waals surface area contributed by atoms with Crippen LogP contribution >= 0.6 is 23.5 Å². The van der Waals surface area contributed by atoms with Gasteiger partial charge < -0.3 is 48.5 Å². The van der Waals surface area contributed by atoms with Crippen LogP contribution < -0.4 is 28.4 Å². The van der Waals surface area contributed by atoms with Crippen LogP contribution in [0.15, 0.2) is 82.6 Å². The molecule has 0 saturated carbocycles. The van der Waals surface area contributed by atoms with Crippen molar-refractivity contribution >= 4 is 29.5 Å². The lowest BCUT2D eigenvalue weighted by Crippen LogP contribution is -2.13. The summed E-state index contributed by atoms with van der Waals surface area (Å²) in [6.45, 7) is 1.98. The number of methoxy groups -OCH3 is 6. The quantitative estimate of drug-likeness (QED) is 0.0855. The third-order valence-electron chi connectivity index (χ3n) is 6.92. The fourth-order valence-electron chi connectivity index (χ4n) is 4.57. The van der Waals surface area contributed by atoms with Crippen LogP contribution in [-0.2, 0) is 9.53 Å². The van der Waals surface area contributed by atoms with Crippen LogP contribution in [0.3, 0.4) is 0 Å². The Hall–Kier alpha value is -4.59. The molecule has 0 amide bonds. The van der Waals surface area contributed by atoms with E-state index in [4.69, 9.17) is 33.2 Å². The van der Waals surface area contributed by atoms with E-state index in [1.165, 1.54) is 44.9 Å². The molecule has 4 aromatic rings. The molecular weight excluding hydrogens is 673 g/mol. The lowest BCUT2D eigenvalue weighted by molar-refractivity contribution is -0.142. The first-order valence-corrected chi connectivity index (χ1v) is 16.7. The third-order valence-corrected chi connectivity index (χ3v) is 9.42. The number of esters is 1. The van der Waals surface area contributed by atoms with Crippen molar-refractivity contribution in [1.82, 2.24) is 0 Å². The highest BCUT2D eigenvalue weighted by Gasteiger charge is 2.27. The number of thioether (sulfide) groups is 2. The maximum atomic E-state index is 12.6. The lowest BCUT2D eigenvalue weighted by atomic mass is 10.1. The van der Waals surface area contributed by atoms with Crippen LogP contribution in [0.5, 0.6) is 46.0 Å². The number of aromatic hydroxyl groups is 2. The maximum Gasteiger partial charge on any atom is 0.323 e. The Kier molecular flexibility index (Phi) is 15.4. The highest BCUT2D eigenvalue weighted by molar-refractivity contribution is 8.00. The van der Waals surface area contributed by atoms with Crippen LogP contribution in [0.25, 0.3) is 0 Å². The molecule has 0 fully saturated rings. The topological polar surface area (TPSA) is 142 Å². The molecule has 0 aromatic heterocycles. The van der Waals surface area contributed by atoms with E-state index in [0.717, 1.165) is 15.4 Å². The molecular formula is C36H42O11S2. The van der Waals surface area contributed by atoms with Crippen molar-refractivity contribution in [3.63, 3.8) is 0 Å². The van der Waals surface area contributed by atoms with Gasteiger partial charge in [-0.2, -0.15) is 0 Å². The van der Waals surface area contributed by atoms with E-state index < -0.39 is 5.25 Å². The van der Waals surface area contributed by atoms with Gasteiger partial charge in [0.25, 0.3) is 0 Å². The van der Waals surface area contributed by atoms with Gasteiger partial charge >= 0.3 is 5.97 Å². The third kappa shape index (κ3) is 10.4. The van der Waals surface area contributed by atoms with Crippen molar-refractivity contribution in [2.75, 3.05) is 55.9 Å². The summed E-state index contributed by atoms with van der Waals surface area (Å²) in [4.78, 5) is 14.3. The number of ether oxygens (including phenoxy) is 7. The maximum absolute atomic E-state index is 12.6. The summed E-state index contributed by atoms with van der Waals surface area (Å²) in [5, 5.41) is 27.7. The standard InChI is InChI=1S/C19H22O6S.C17H20O5S/c1-5-25-19(21)18(26-14-8-6-13(20)7-9-14)12-10-15(22-2)17(24-4)16(11-12)23-3;1-20-14-8-11(9-15(21-2)17(14)22-3)16(10-18)23-13-6-4-12(19)5-7-13/h6-11,18,20H,5H2,1-4H3;4-9,16,18-19H,10H2,1-3H3. The first kappa shape index (κ1) is 38.9. The molecule has 2 unspecified atom stereocenters. The van der Waals surface area contributed by atoms with E-state index in [-0.39, 0.29) is 35.9 Å². The van der Waals surface area contributed by atoms with Crippen LogP contribution in [0.1, 0.15) is 28.6 Å². The van der Waals surface area contributed by atoms with Gasteiger partial charge in [0.15, 0.2) is 23.0 Å². The molecule has 49 heavy (non-hydrogen) atoms. The largest absolute Gasteiger partial charge is 0.508 e. The number of carbonyl (C=O) groups is 1. The first-order chi connectivity index (χ1) is 23.7. The van der Waals surface area contributed by atoms with Crippen molar-refractivity contribution in [1.29, 1.82) is 0 Å². The number of hydrogen-bond donors (Lipinski definition) is 3. The first-order valence-electron chi connectivity index (χ1n) is 14.9. The van der Waals surface area contributed by atoms with Gasteiger partial charge in [0, 0.05) is 9.79 Å². The normalized spacial score (nSPS) is 11.7. The molecule has 0 spiro atoms. The minimum atomic E-state index is -0.631. The Labute approximate surface area is 295 Å². The zero-order valence-corrected chi connectivity index (χ0v) is 30.1. The molecule has 2 atom stereocenters. The number of aliphatic hydroxyl groups is 1. The van der Waals surface area contributed by atoms with Gasteiger partial charge in [-0.05, 0) is 90.8 Å². The average molecular weight is 715 g/mol. The molecule has 264 valence electrons. The molecule has 4 rings (SSSR count). The van der Waals surface area contributed by atoms with Crippen LogP contribution in [-0.4, -0.2) is 77.2 Å². The zero-order valence-electron chi connectivity index (χ0n) is 28.4. The SMILES string of the molecule is CCOC(=O)C(Sc1ccc(O)cc1)c1cc(OC)c(OC)c(OC)c1.COc1cc(C(CO)Sc2ccc(O)cc2)cc(OC)c1OC. The number of phenolic OH excluding ortho intramolecular Hbond substituents is 2. The van der Waals surface area contributed by atoms with Gasteiger partial charge in [0.1, 0.15) is 16.7 Å². The monoisotopic (exact) mass is 714 g/mol. The summed E-state index contributed by atoms with van der Waals surface area (Å²) >= 11 is 2.80. The number of carbonyl (C=O) groups excluding carboxylic acids is 1. The Morgan fingerprint density at radius 1 is 0.612 bits per heavy atom. The van der Waals surface area contributed by atoms with Crippen molar-refractivity contribution in [2.24, 2.45) is 0 Å². The van der Waals surface area contributed by atoms with Gasteiger partial charge in [0.05, 0.1) is 61.1 Å². The Morgan fingerprint density at radius 3 is 1.35 bits per heavy atom. The molecule has 4 aromatic carbocycles. The Morgan fingerprint density at radius 2 is 1.00 bits per heavy atom. The fourth-order valence-corrected chi connectivity index (χ4v) is 6.54. The second-order valence-corrected chi connectivity index (χ2v) is 12.4. The molecule has 0 heterocycles.